The fourth-order valence-electron chi connectivity index (χ4n) is 2.02. The molecule has 0 saturated heterocycles. The third-order valence-corrected chi connectivity index (χ3v) is 3.36. The van der Waals surface area contributed by atoms with Crippen LogP contribution in [0.3, 0.4) is 0 Å². The average molecular weight is 331 g/mol. The van der Waals surface area contributed by atoms with Crippen molar-refractivity contribution < 1.29 is 27.9 Å². The van der Waals surface area contributed by atoms with Gasteiger partial charge in [-0.3, -0.25) is 4.79 Å². The van der Waals surface area contributed by atoms with Gasteiger partial charge in [0.15, 0.2) is 0 Å². The smallest absolute Gasteiger partial charge is 0.389 e. The first-order valence-corrected chi connectivity index (χ1v) is 7.42. The molecule has 0 bridgehead atoms. The highest BCUT2D eigenvalue weighted by molar-refractivity contribution is 5.96. The summed E-state index contributed by atoms with van der Waals surface area (Å²) in [6.07, 6.45) is -3.47. The maximum absolute atomic E-state index is 12.1. The van der Waals surface area contributed by atoms with E-state index in [1.54, 1.807) is 0 Å². The highest BCUT2D eigenvalue weighted by Crippen LogP contribution is 2.22. The van der Waals surface area contributed by atoms with Gasteiger partial charge in [-0.05, 0) is 30.5 Å². The number of aliphatic carboxylic acids is 1. The molecule has 0 spiro atoms. The first-order valence-electron chi connectivity index (χ1n) is 7.42. The Morgan fingerprint density at radius 1 is 1.22 bits per heavy atom. The van der Waals surface area contributed by atoms with E-state index in [1.165, 1.54) is 24.3 Å². The monoisotopic (exact) mass is 331 g/mol. The van der Waals surface area contributed by atoms with Crippen LogP contribution in [0.15, 0.2) is 24.3 Å². The molecule has 1 amide bonds. The lowest BCUT2D eigenvalue weighted by Crippen LogP contribution is -2.40. The number of rotatable bonds is 8. The largest absolute Gasteiger partial charge is 0.480 e. The molecule has 0 fully saturated rings. The zero-order valence-corrected chi connectivity index (χ0v) is 12.8. The van der Waals surface area contributed by atoms with E-state index in [0.717, 1.165) is 6.42 Å². The predicted octanol–water partition coefficient (Wildman–Crippen LogP) is 3.55. The number of hydrogen-bond acceptors (Lipinski definition) is 2. The highest BCUT2D eigenvalue weighted by atomic mass is 19.4. The number of hydrogen-bond donors (Lipinski definition) is 2. The molecule has 0 radical (unpaired) electrons. The second-order valence-electron chi connectivity index (χ2n) is 5.32. The van der Waals surface area contributed by atoms with Gasteiger partial charge >= 0.3 is 12.1 Å². The molecule has 1 unspecified atom stereocenters. The summed E-state index contributed by atoms with van der Waals surface area (Å²) in [5.74, 6) is -1.65. The Morgan fingerprint density at radius 3 is 2.30 bits per heavy atom. The van der Waals surface area contributed by atoms with Gasteiger partial charge in [-0.25, -0.2) is 4.79 Å². The second-order valence-corrected chi connectivity index (χ2v) is 5.32. The van der Waals surface area contributed by atoms with Gasteiger partial charge in [-0.2, -0.15) is 13.2 Å². The number of carbonyl (C=O) groups excluding carboxylic acids is 1. The Hall–Kier alpha value is -2.05. The van der Waals surface area contributed by atoms with Crippen LogP contribution in [0.2, 0.25) is 0 Å². The maximum Gasteiger partial charge on any atom is 0.389 e. The molecule has 0 heterocycles. The molecule has 0 aromatic heterocycles. The zero-order chi connectivity index (χ0) is 17.5. The normalized spacial score (nSPS) is 12.7. The van der Waals surface area contributed by atoms with Crippen LogP contribution in [0, 0.1) is 0 Å². The Morgan fingerprint density at radius 2 is 1.83 bits per heavy atom. The summed E-state index contributed by atoms with van der Waals surface area (Å²) in [7, 11) is 0. The Labute approximate surface area is 132 Å². The third-order valence-electron chi connectivity index (χ3n) is 3.36. The Bertz CT molecular complexity index is 526. The van der Waals surface area contributed by atoms with Crippen LogP contribution >= 0.6 is 0 Å². The van der Waals surface area contributed by atoms with Crippen molar-refractivity contribution in [2.24, 2.45) is 0 Å². The van der Waals surface area contributed by atoms with Crippen LogP contribution < -0.4 is 5.32 Å². The van der Waals surface area contributed by atoms with Crippen molar-refractivity contribution in [1.29, 1.82) is 0 Å². The average Bonchev–Trinajstić information content (AvgIpc) is 2.48. The van der Waals surface area contributed by atoms with E-state index in [4.69, 9.17) is 5.11 Å². The molecule has 0 aliphatic rings. The van der Waals surface area contributed by atoms with E-state index >= 15 is 0 Å². The molecule has 2 N–H and O–H groups in total. The number of carbonyl (C=O) groups is 2. The number of aryl methyl sites for hydroxylation is 1. The second kappa shape index (κ2) is 8.55. The number of carboxylic acid groups (broad SMARTS) is 1. The lowest BCUT2D eigenvalue weighted by Gasteiger charge is -2.14. The van der Waals surface area contributed by atoms with Gasteiger partial charge in [0.1, 0.15) is 6.04 Å². The quantitative estimate of drug-likeness (QED) is 0.765. The van der Waals surface area contributed by atoms with Crippen LogP contribution in [0.5, 0.6) is 0 Å². The number of halogens is 3. The van der Waals surface area contributed by atoms with E-state index in [0.29, 0.717) is 18.4 Å². The Kier molecular flexibility index (Phi) is 7.06. The van der Waals surface area contributed by atoms with Crippen molar-refractivity contribution in [1.82, 2.24) is 5.32 Å². The summed E-state index contributed by atoms with van der Waals surface area (Å²) in [6.45, 7) is 1.92. The van der Waals surface area contributed by atoms with Crippen LogP contribution in [0.25, 0.3) is 0 Å². The summed E-state index contributed by atoms with van der Waals surface area (Å²) >= 11 is 0. The molecule has 23 heavy (non-hydrogen) atoms. The van der Waals surface area contributed by atoms with Crippen molar-refractivity contribution in [2.75, 3.05) is 0 Å². The summed E-state index contributed by atoms with van der Waals surface area (Å²) < 4.78 is 36.4. The van der Waals surface area contributed by atoms with Gasteiger partial charge in [0.05, 0.1) is 0 Å². The molecule has 1 rings (SSSR count). The van der Waals surface area contributed by atoms with Crippen LogP contribution in [-0.2, 0) is 11.2 Å². The fourth-order valence-corrected chi connectivity index (χ4v) is 2.02. The minimum Gasteiger partial charge on any atom is -0.480 e. The molecule has 4 nitrogen and oxygen atoms in total. The molecular formula is C16H20F3NO3. The molecule has 1 aromatic rings. The molecule has 0 saturated carbocycles. The third kappa shape index (κ3) is 7.17. The Balaban J connectivity index is 2.64. The molecular weight excluding hydrogens is 311 g/mol. The molecule has 1 aromatic carbocycles. The summed E-state index contributed by atoms with van der Waals surface area (Å²) in [6, 6.07) is 4.73. The standard InChI is InChI=1S/C16H20F3NO3/c1-2-3-4-13(15(22)23)20-14(21)12-7-5-11(6-8-12)9-10-16(17,18)19/h5-8,13H,2-4,9-10H2,1H3,(H,20,21)(H,22,23). The number of unbranched alkanes of at least 4 members (excludes halogenated alkanes) is 1. The lowest BCUT2D eigenvalue weighted by molar-refractivity contribution is -0.139. The minimum atomic E-state index is -4.22. The van der Waals surface area contributed by atoms with E-state index in [2.05, 4.69) is 5.32 Å². The topological polar surface area (TPSA) is 66.4 Å². The summed E-state index contributed by atoms with van der Waals surface area (Å²) in [5.41, 5.74) is 0.697. The summed E-state index contributed by atoms with van der Waals surface area (Å²) in [4.78, 5) is 23.1. The number of amides is 1. The van der Waals surface area contributed by atoms with E-state index < -0.39 is 30.5 Å². The van der Waals surface area contributed by atoms with Gasteiger partial charge in [0.2, 0.25) is 0 Å². The van der Waals surface area contributed by atoms with Crippen LogP contribution in [-0.4, -0.2) is 29.2 Å². The van der Waals surface area contributed by atoms with Crippen LogP contribution in [0.4, 0.5) is 13.2 Å². The predicted molar refractivity (Wildman–Crippen MR) is 79.2 cm³/mol. The van der Waals surface area contributed by atoms with Crippen molar-refractivity contribution >= 4 is 11.9 Å². The number of nitrogens with one attached hydrogen (secondary N) is 1. The fraction of sp³-hybridized carbons (Fsp3) is 0.500. The molecule has 7 heteroatoms. The van der Waals surface area contributed by atoms with Crippen molar-refractivity contribution in [3.8, 4) is 0 Å². The first-order chi connectivity index (χ1) is 10.7. The molecule has 0 aliphatic carbocycles. The first kappa shape index (κ1) is 19.0. The number of carboxylic acids is 1. The van der Waals surface area contributed by atoms with Crippen molar-refractivity contribution in [2.45, 2.75) is 51.2 Å². The lowest BCUT2D eigenvalue weighted by atomic mass is 10.1. The van der Waals surface area contributed by atoms with Gasteiger partial charge < -0.3 is 10.4 Å². The summed E-state index contributed by atoms with van der Waals surface area (Å²) in [5, 5.41) is 11.5. The van der Waals surface area contributed by atoms with Gasteiger partial charge in [0.25, 0.3) is 5.91 Å². The van der Waals surface area contributed by atoms with E-state index in [1.807, 2.05) is 6.92 Å². The molecule has 0 aliphatic heterocycles. The van der Waals surface area contributed by atoms with Crippen molar-refractivity contribution in [3.63, 3.8) is 0 Å². The maximum atomic E-state index is 12.1. The highest BCUT2D eigenvalue weighted by Gasteiger charge is 2.26. The van der Waals surface area contributed by atoms with Gasteiger partial charge in [-0.1, -0.05) is 31.9 Å². The SMILES string of the molecule is CCCCC(NC(=O)c1ccc(CCC(F)(F)F)cc1)C(=O)O. The van der Waals surface area contributed by atoms with Crippen LogP contribution in [0.1, 0.15) is 48.5 Å². The number of alkyl halides is 3. The zero-order valence-electron chi connectivity index (χ0n) is 12.8. The number of benzene rings is 1. The van der Waals surface area contributed by atoms with Gasteiger partial charge in [0, 0.05) is 12.0 Å². The molecule has 1 atom stereocenters. The van der Waals surface area contributed by atoms with E-state index in [-0.39, 0.29) is 12.0 Å². The van der Waals surface area contributed by atoms with Gasteiger partial charge in [-0.15, -0.1) is 0 Å². The van der Waals surface area contributed by atoms with E-state index in [9.17, 15) is 22.8 Å². The molecule has 128 valence electrons. The minimum absolute atomic E-state index is 0.153. The van der Waals surface area contributed by atoms with Crippen molar-refractivity contribution in [3.05, 3.63) is 35.4 Å².